The largest absolute Gasteiger partial charge is 0.394 e. The highest BCUT2D eigenvalue weighted by atomic mass is 16.3. The fourth-order valence-electron chi connectivity index (χ4n) is 0.259. The molecule has 4 nitrogen and oxygen atoms in total. The molecule has 0 saturated carbocycles. The van der Waals surface area contributed by atoms with Crippen molar-refractivity contribution < 1.29 is 15.0 Å². The van der Waals surface area contributed by atoms with Crippen molar-refractivity contribution in [3.05, 3.63) is 6.08 Å². The molecule has 9 heavy (non-hydrogen) atoms. The second kappa shape index (κ2) is 3.37. The Bertz CT molecular complexity index is 124. The van der Waals surface area contributed by atoms with Crippen molar-refractivity contribution in [3.63, 3.8) is 0 Å². The van der Waals surface area contributed by atoms with Gasteiger partial charge in [-0.15, -0.1) is 0 Å². The molecule has 0 unspecified atom stereocenters. The summed E-state index contributed by atoms with van der Waals surface area (Å²) in [7, 11) is 0. The van der Waals surface area contributed by atoms with Gasteiger partial charge in [-0.3, -0.25) is 0 Å². The van der Waals surface area contributed by atoms with Crippen molar-refractivity contribution in [2.45, 2.75) is 5.54 Å². The number of carbonyl (C=O) groups excluding carboxylic acids is 1. The molecule has 0 saturated heterocycles. The maximum Gasteiger partial charge on any atom is 0.122 e. The topological polar surface area (TPSA) is 83.6 Å². The summed E-state index contributed by atoms with van der Waals surface area (Å²) in [5.74, 6) is 1.39. The van der Waals surface area contributed by atoms with Gasteiger partial charge in [0.25, 0.3) is 0 Å². The zero-order chi connectivity index (χ0) is 7.33. The average Bonchev–Trinajstić information content (AvgIpc) is 1.89. The first kappa shape index (κ1) is 8.33. The van der Waals surface area contributed by atoms with Gasteiger partial charge in [-0.25, -0.2) is 4.79 Å². The minimum atomic E-state index is -1.30. The summed E-state index contributed by atoms with van der Waals surface area (Å²) in [6.45, 7) is -0.919. The van der Waals surface area contributed by atoms with Crippen LogP contribution in [-0.4, -0.2) is 34.9 Å². The molecule has 0 heterocycles. The Hall–Kier alpha value is -0.670. The number of hydrogen-bond acceptors (Lipinski definition) is 4. The Morgan fingerprint density at radius 2 is 2.00 bits per heavy atom. The zero-order valence-corrected chi connectivity index (χ0v) is 4.87. The van der Waals surface area contributed by atoms with Gasteiger partial charge in [-0.1, -0.05) is 0 Å². The van der Waals surface area contributed by atoms with Gasteiger partial charge in [0.05, 0.1) is 18.8 Å². The number of hydrogen-bond donors (Lipinski definition) is 3. The van der Waals surface area contributed by atoms with Crippen LogP contribution in [0.15, 0.2) is 6.08 Å². The van der Waals surface area contributed by atoms with Gasteiger partial charge >= 0.3 is 0 Å². The molecule has 4 heteroatoms. The van der Waals surface area contributed by atoms with E-state index in [0.29, 0.717) is 0 Å². The lowest BCUT2D eigenvalue weighted by Crippen LogP contribution is -2.45. The number of aliphatic hydroxyl groups excluding tert-OH is 2. The van der Waals surface area contributed by atoms with Crippen LogP contribution in [0.1, 0.15) is 0 Å². The van der Waals surface area contributed by atoms with Crippen LogP contribution in [0, 0.1) is 0 Å². The second-order valence-electron chi connectivity index (χ2n) is 1.81. The first-order valence-electron chi connectivity index (χ1n) is 2.41. The predicted molar refractivity (Wildman–Crippen MR) is 31.4 cm³/mol. The van der Waals surface area contributed by atoms with Gasteiger partial charge < -0.3 is 15.9 Å². The summed E-state index contributed by atoms with van der Waals surface area (Å²) in [5, 5.41) is 16.8. The SMILES string of the molecule is NC(C=C=O)(CO)CO. The first-order chi connectivity index (χ1) is 4.18. The monoisotopic (exact) mass is 131 g/mol. The average molecular weight is 131 g/mol. The van der Waals surface area contributed by atoms with E-state index >= 15 is 0 Å². The van der Waals surface area contributed by atoms with Crippen molar-refractivity contribution in [1.29, 1.82) is 0 Å². The summed E-state index contributed by atoms with van der Waals surface area (Å²) >= 11 is 0. The van der Waals surface area contributed by atoms with Gasteiger partial charge in [0.15, 0.2) is 0 Å². The van der Waals surface area contributed by atoms with E-state index in [4.69, 9.17) is 15.9 Å². The molecule has 0 radical (unpaired) electrons. The molecule has 0 aromatic carbocycles. The lowest BCUT2D eigenvalue weighted by atomic mass is 10.1. The van der Waals surface area contributed by atoms with Crippen LogP contribution in [0.5, 0.6) is 0 Å². The molecule has 0 amide bonds. The van der Waals surface area contributed by atoms with E-state index in [1.54, 1.807) is 0 Å². The van der Waals surface area contributed by atoms with Crippen LogP contribution >= 0.6 is 0 Å². The fraction of sp³-hybridized carbons (Fsp3) is 0.600. The number of aliphatic hydroxyl groups is 2. The number of rotatable bonds is 3. The predicted octanol–water partition coefficient (Wildman–Crippen LogP) is -1.94. The minimum Gasteiger partial charge on any atom is -0.394 e. The van der Waals surface area contributed by atoms with E-state index in [-0.39, 0.29) is 0 Å². The highest BCUT2D eigenvalue weighted by Crippen LogP contribution is 1.95. The lowest BCUT2D eigenvalue weighted by molar-refractivity contribution is 0.152. The third-order valence-electron chi connectivity index (χ3n) is 0.935. The molecule has 52 valence electrons. The molecular weight excluding hydrogens is 122 g/mol. The molecule has 4 N–H and O–H groups in total. The number of nitrogens with two attached hydrogens (primary N) is 1. The third-order valence-corrected chi connectivity index (χ3v) is 0.935. The Morgan fingerprint density at radius 3 is 2.11 bits per heavy atom. The fourth-order valence-corrected chi connectivity index (χ4v) is 0.259. The van der Waals surface area contributed by atoms with E-state index in [1.807, 2.05) is 0 Å². The van der Waals surface area contributed by atoms with Crippen LogP contribution in [0.3, 0.4) is 0 Å². The maximum atomic E-state index is 9.66. The van der Waals surface area contributed by atoms with E-state index in [9.17, 15) is 4.79 Å². The van der Waals surface area contributed by atoms with Crippen LogP contribution in [0.2, 0.25) is 0 Å². The summed E-state index contributed by atoms with van der Waals surface area (Å²) in [6.07, 6.45) is 0.896. The van der Waals surface area contributed by atoms with Gasteiger partial charge in [0.2, 0.25) is 0 Å². The van der Waals surface area contributed by atoms with Crippen LogP contribution < -0.4 is 5.73 Å². The van der Waals surface area contributed by atoms with E-state index in [0.717, 1.165) is 6.08 Å². The maximum absolute atomic E-state index is 9.66. The Balaban J connectivity index is 4.08. The summed E-state index contributed by atoms with van der Waals surface area (Å²) in [5.41, 5.74) is 3.89. The Kier molecular flexibility index (Phi) is 3.12. The van der Waals surface area contributed by atoms with Crippen molar-refractivity contribution in [2.24, 2.45) is 5.73 Å². The Labute approximate surface area is 52.6 Å². The molecule has 0 fully saturated rings. The molecule has 0 aromatic heterocycles. The van der Waals surface area contributed by atoms with Crippen molar-refractivity contribution >= 4 is 5.94 Å². The standard InChI is InChI=1S/C5H9NO3/c6-5(3-8,4-9)1-2-7/h1,8-9H,3-4,6H2. The minimum absolute atomic E-state index is 0.460. The van der Waals surface area contributed by atoms with Gasteiger partial charge in [0, 0.05) is 6.08 Å². The molecular formula is C5H9NO3. The molecule has 0 aliphatic rings. The van der Waals surface area contributed by atoms with Crippen LogP contribution in [-0.2, 0) is 4.79 Å². The second-order valence-corrected chi connectivity index (χ2v) is 1.81. The first-order valence-corrected chi connectivity index (χ1v) is 2.41. The quantitative estimate of drug-likeness (QED) is 0.389. The molecule has 0 bridgehead atoms. The molecule has 0 atom stereocenters. The van der Waals surface area contributed by atoms with Crippen LogP contribution in [0.25, 0.3) is 0 Å². The Morgan fingerprint density at radius 1 is 1.56 bits per heavy atom. The van der Waals surface area contributed by atoms with E-state index in [1.165, 1.54) is 5.94 Å². The third kappa shape index (κ3) is 2.39. The van der Waals surface area contributed by atoms with Gasteiger partial charge in [-0.05, 0) is 0 Å². The smallest absolute Gasteiger partial charge is 0.122 e. The highest BCUT2D eigenvalue weighted by Gasteiger charge is 2.18. The van der Waals surface area contributed by atoms with Gasteiger partial charge in [0.1, 0.15) is 5.94 Å². The molecule has 0 rings (SSSR count). The van der Waals surface area contributed by atoms with Crippen molar-refractivity contribution in [1.82, 2.24) is 0 Å². The zero-order valence-electron chi connectivity index (χ0n) is 4.87. The van der Waals surface area contributed by atoms with E-state index < -0.39 is 18.8 Å². The normalized spacial score (nSPS) is 10.6. The van der Waals surface area contributed by atoms with Crippen LogP contribution in [0.4, 0.5) is 0 Å². The van der Waals surface area contributed by atoms with E-state index in [2.05, 4.69) is 0 Å². The summed E-state index contributed by atoms with van der Waals surface area (Å²) in [6, 6.07) is 0. The van der Waals surface area contributed by atoms with Crippen molar-refractivity contribution in [2.75, 3.05) is 13.2 Å². The molecule has 0 aliphatic carbocycles. The van der Waals surface area contributed by atoms with Crippen molar-refractivity contribution in [3.8, 4) is 0 Å². The highest BCUT2D eigenvalue weighted by molar-refractivity contribution is 5.48. The molecule has 0 spiro atoms. The summed E-state index contributed by atoms with van der Waals surface area (Å²) < 4.78 is 0. The van der Waals surface area contributed by atoms with Gasteiger partial charge in [-0.2, -0.15) is 0 Å². The molecule has 0 aromatic rings. The molecule has 0 aliphatic heterocycles. The summed E-state index contributed by atoms with van der Waals surface area (Å²) in [4.78, 5) is 9.66. The lowest BCUT2D eigenvalue weighted by Gasteiger charge is -2.16.